The molecule has 1 amide bonds. The summed E-state index contributed by atoms with van der Waals surface area (Å²) in [6, 6.07) is 5.82. The molecular weight excluding hydrogens is 255 g/mol. The minimum absolute atomic E-state index is 0. The lowest BCUT2D eigenvalue weighted by Gasteiger charge is -2.33. The summed E-state index contributed by atoms with van der Waals surface area (Å²) in [5, 5.41) is 6.05. The van der Waals surface area contributed by atoms with Gasteiger partial charge in [-0.15, -0.1) is 12.4 Å². The van der Waals surface area contributed by atoms with Gasteiger partial charge in [-0.25, -0.2) is 4.39 Å². The molecule has 1 unspecified atom stereocenters. The van der Waals surface area contributed by atoms with Crippen LogP contribution >= 0.6 is 12.4 Å². The van der Waals surface area contributed by atoms with Gasteiger partial charge in [0.05, 0.1) is 5.54 Å². The fourth-order valence-electron chi connectivity index (χ4n) is 2.05. The Kier molecular flexibility index (Phi) is 5.11. The molecule has 3 nitrogen and oxygen atoms in total. The second-order valence-corrected chi connectivity index (χ2v) is 4.68. The Morgan fingerprint density at radius 3 is 2.56 bits per heavy atom. The van der Waals surface area contributed by atoms with Gasteiger partial charge in [-0.05, 0) is 57.0 Å². The molecule has 1 aromatic carbocycles. The molecule has 1 heterocycles. The van der Waals surface area contributed by atoms with Crippen molar-refractivity contribution in [1.82, 2.24) is 5.32 Å². The van der Waals surface area contributed by atoms with Gasteiger partial charge in [0.15, 0.2) is 0 Å². The van der Waals surface area contributed by atoms with Crippen LogP contribution in [0.2, 0.25) is 0 Å². The number of nitrogens with one attached hydrogen (secondary N) is 2. The van der Waals surface area contributed by atoms with Gasteiger partial charge in [0.1, 0.15) is 5.82 Å². The standard InChI is InChI=1S/C13H17FN2O.ClH/c1-13(8-2-3-9-15-13)12(17)16-11-6-4-10(14)5-7-11;/h4-7,15H,2-3,8-9H2,1H3,(H,16,17);1H. The van der Waals surface area contributed by atoms with Crippen LogP contribution in [0.1, 0.15) is 26.2 Å². The van der Waals surface area contributed by atoms with Crippen molar-refractivity contribution < 1.29 is 9.18 Å². The van der Waals surface area contributed by atoms with E-state index >= 15 is 0 Å². The summed E-state index contributed by atoms with van der Waals surface area (Å²) in [6.07, 6.45) is 3.00. The number of hydrogen-bond acceptors (Lipinski definition) is 2. The highest BCUT2D eigenvalue weighted by Crippen LogP contribution is 2.21. The fraction of sp³-hybridized carbons (Fsp3) is 0.462. The lowest BCUT2D eigenvalue weighted by molar-refractivity contribution is -0.122. The Hall–Kier alpha value is -1.13. The molecule has 1 saturated heterocycles. The van der Waals surface area contributed by atoms with Crippen molar-refractivity contribution in [3.05, 3.63) is 30.1 Å². The molecule has 100 valence electrons. The number of benzene rings is 1. The first-order valence-electron chi connectivity index (χ1n) is 5.92. The molecule has 1 aromatic rings. The molecule has 0 spiro atoms. The van der Waals surface area contributed by atoms with Gasteiger partial charge in [-0.1, -0.05) is 0 Å². The second-order valence-electron chi connectivity index (χ2n) is 4.68. The van der Waals surface area contributed by atoms with Crippen molar-refractivity contribution in [2.75, 3.05) is 11.9 Å². The van der Waals surface area contributed by atoms with Gasteiger partial charge < -0.3 is 10.6 Å². The van der Waals surface area contributed by atoms with Crippen molar-refractivity contribution in [1.29, 1.82) is 0 Å². The summed E-state index contributed by atoms with van der Waals surface area (Å²) in [7, 11) is 0. The molecule has 0 bridgehead atoms. The van der Waals surface area contributed by atoms with Crippen LogP contribution < -0.4 is 10.6 Å². The topological polar surface area (TPSA) is 41.1 Å². The highest BCUT2D eigenvalue weighted by atomic mass is 35.5. The Labute approximate surface area is 113 Å². The Balaban J connectivity index is 0.00000162. The van der Waals surface area contributed by atoms with Crippen LogP contribution in [0.25, 0.3) is 0 Å². The first kappa shape index (κ1) is 14.9. The summed E-state index contributed by atoms with van der Waals surface area (Å²) >= 11 is 0. The summed E-state index contributed by atoms with van der Waals surface area (Å²) < 4.78 is 12.7. The van der Waals surface area contributed by atoms with Crippen LogP contribution in [0.3, 0.4) is 0 Å². The average Bonchev–Trinajstić information content (AvgIpc) is 2.33. The van der Waals surface area contributed by atoms with E-state index in [2.05, 4.69) is 10.6 Å². The highest BCUT2D eigenvalue weighted by molar-refractivity contribution is 5.97. The summed E-state index contributed by atoms with van der Waals surface area (Å²) in [4.78, 5) is 12.1. The molecule has 5 heteroatoms. The van der Waals surface area contributed by atoms with E-state index in [0.29, 0.717) is 5.69 Å². The predicted molar refractivity (Wildman–Crippen MR) is 72.5 cm³/mol. The van der Waals surface area contributed by atoms with Crippen LogP contribution in [0.15, 0.2) is 24.3 Å². The summed E-state index contributed by atoms with van der Waals surface area (Å²) in [6.45, 7) is 2.78. The SMILES string of the molecule is CC1(C(=O)Nc2ccc(F)cc2)CCCCN1.Cl. The molecule has 1 aliphatic heterocycles. The van der Waals surface area contributed by atoms with E-state index < -0.39 is 5.54 Å². The number of halogens is 2. The molecule has 18 heavy (non-hydrogen) atoms. The van der Waals surface area contributed by atoms with Gasteiger partial charge in [-0.2, -0.15) is 0 Å². The van der Waals surface area contributed by atoms with Crippen molar-refractivity contribution in [3.63, 3.8) is 0 Å². The number of piperidine rings is 1. The van der Waals surface area contributed by atoms with Gasteiger partial charge >= 0.3 is 0 Å². The van der Waals surface area contributed by atoms with Crippen LogP contribution in [0.4, 0.5) is 10.1 Å². The Morgan fingerprint density at radius 1 is 1.33 bits per heavy atom. The first-order chi connectivity index (χ1) is 8.10. The zero-order chi connectivity index (χ0) is 12.3. The van der Waals surface area contributed by atoms with Crippen LogP contribution in [-0.2, 0) is 4.79 Å². The van der Waals surface area contributed by atoms with Crippen molar-refractivity contribution in [2.45, 2.75) is 31.7 Å². The second kappa shape index (κ2) is 6.16. The van der Waals surface area contributed by atoms with Crippen LogP contribution in [-0.4, -0.2) is 18.0 Å². The zero-order valence-corrected chi connectivity index (χ0v) is 11.1. The Morgan fingerprint density at radius 2 is 2.00 bits per heavy atom. The molecular formula is C13H18ClFN2O. The predicted octanol–water partition coefficient (Wildman–Crippen LogP) is 2.72. The number of rotatable bonds is 2. The molecule has 0 radical (unpaired) electrons. The van der Waals surface area contributed by atoms with Crippen molar-refractivity contribution in [3.8, 4) is 0 Å². The number of carbonyl (C=O) groups is 1. The number of carbonyl (C=O) groups excluding carboxylic acids is 1. The fourth-order valence-corrected chi connectivity index (χ4v) is 2.05. The molecule has 0 aromatic heterocycles. The number of amides is 1. The normalized spacial score (nSPS) is 23.0. The molecule has 1 aliphatic rings. The molecule has 2 rings (SSSR count). The first-order valence-corrected chi connectivity index (χ1v) is 5.92. The minimum atomic E-state index is -0.507. The van der Waals surface area contributed by atoms with E-state index in [1.165, 1.54) is 12.1 Å². The van der Waals surface area contributed by atoms with E-state index in [4.69, 9.17) is 0 Å². The van der Waals surface area contributed by atoms with Crippen molar-refractivity contribution in [2.24, 2.45) is 0 Å². The summed E-state index contributed by atoms with van der Waals surface area (Å²) in [5.74, 6) is -0.353. The molecule has 1 fully saturated rings. The molecule has 0 saturated carbocycles. The van der Waals surface area contributed by atoms with Crippen LogP contribution in [0, 0.1) is 5.82 Å². The number of hydrogen-bond donors (Lipinski definition) is 2. The van der Waals surface area contributed by atoms with E-state index in [1.807, 2.05) is 6.92 Å². The minimum Gasteiger partial charge on any atom is -0.324 e. The quantitative estimate of drug-likeness (QED) is 0.869. The maximum absolute atomic E-state index is 12.7. The van der Waals surface area contributed by atoms with E-state index in [0.717, 1.165) is 25.8 Å². The van der Waals surface area contributed by atoms with Crippen LogP contribution in [0.5, 0.6) is 0 Å². The maximum Gasteiger partial charge on any atom is 0.244 e. The smallest absolute Gasteiger partial charge is 0.244 e. The molecule has 1 atom stereocenters. The highest BCUT2D eigenvalue weighted by Gasteiger charge is 2.34. The van der Waals surface area contributed by atoms with Gasteiger partial charge in [0.2, 0.25) is 5.91 Å². The van der Waals surface area contributed by atoms with E-state index in [1.54, 1.807) is 12.1 Å². The summed E-state index contributed by atoms with van der Waals surface area (Å²) in [5.41, 5.74) is 0.122. The molecule has 2 N–H and O–H groups in total. The number of anilines is 1. The lowest BCUT2D eigenvalue weighted by Crippen LogP contribution is -2.54. The lowest BCUT2D eigenvalue weighted by atomic mass is 9.90. The van der Waals surface area contributed by atoms with Gasteiger partial charge in [0, 0.05) is 5.69 Å². The largest absolute Gasteiger partial charge is 0.324 e. The third-order valence-electron chi connectivity index (χ3n) is 3.22. The third kappa shape index (κ3) is 3.43. The maximum atomic E-state index is 12.7. The van der Waals surface area contributed by atoms with Gasteiger partial charge in [0.25, 0.3) is 0 Å². The molecule has 0 aliphatic carbocycles. The van der Waals surface area contributed by atoms with Gasteiger partial charge in [-0.3, -0.25) is 4.79 Å². The average molecular weight is 273 g/mol. The Bertz CT molecular complexity index is 402. The zero-order valence-electron chi connectivity index (χ0n) is 10.3. The van der Waals surface area contributed by atoms with E-state index in [-0.39, 0.29) is 24.1 Å². The van der Waals surface area contributed by atoms with Crippen molar-refractivity contribution >= 4 is 24.0 Å². The monoisotopic (exact) mass is 272 g/mol. The van der Waals surface area contributed by atoms with E-state index in [9.17, 15) is 9.18 Å². The third-order valence-corrected chi connectivity index (χ3v) is 3.22.